The highest BCUT2D eigenvalue weighted by Crippen LogP contribution is 2.12. The Hall–Kier alpha value is -0.450. The van der Waals surface area contributed by atoms with E-state index in [0.717, 1.165) is 3.57 Å². The molecule has 0 fully saturated rings. The molecule has 0 N–H and O–H groups in total. The normalized spacial score (nSPS) is 9.73. The Labute approximate surface area is 77.8 Å². The molecule has 0 aliphatic rings. The summed E-state index contributed by atoms with van der Waals surface area (Å²) in [5.41, 5.74) is 0.164. The lowest BCUT2D eigenvalue weighted by Crippen LogP contribution is -1.96. The molecule has 1 aromatic carbocycles. The van der Waals surface area contributed by atoms with Crippen LogP contribution in [-0.4, -0.2) is 5.78 Å². The third-order valence-corrected chi connectivity index (χ3v) is 1.98. The van der Waals surface area contributed by atoms with Gasteiger partial charge in [0.25, 0.3) is 0 Å². The average molecular weight is 264 g/mol. The maximum Gasteiger partial charge on any atom is 0.162 e. The average Bonchev–Trinajstić information content (AvgIpc) is 1.94. The molecular weight excluding hydrogens is 258 g/mol. The number of carbonyl (C=O) groups is 1. The van der Waals surface area contributed by atoms with E-state index in [4.69, 9.17) is 0 Å². The molecule has 11 heavy (non-hydrogen) atoms. The minimum atomic E-state index is -0.446. The predicted molar refractivity (Wildman–Crippen MR) is 49.1 cm³/mol. The summed E-state index contributed by atoms with van der Waals surface area (Å²) >= 11 is 2.04. The lowest BCUT2D eigenvalue weighted by Gasteiger charge is -1.97. The number of halogens is 2. The van der Waals surface area contributed by atoms with Crippen LogP contribution < -0.4 is 0 Å². The first-order valence-corrected chi connectivity index (χ1v) is 4.15. The SMILES string of the molecule is CC(=O)c1cc(I)ccc1F. The summed E-state index contributed by atoms with van der Waals surface area (Å²) in [6.07, 6.45) is 0. The fourth-order valence-corrected chi connectivity index (χ4v) is 1.26. The van der Waals surface area contributed by atoms with Crippen molar-refractivity contribution in [3.8, 4) is 0 Å². The molecule has 1 nitrogen and oxygen atoms in total. The van der Waals surface area contributed by atoms with Gasteiger partial charge < -0.3 is 0 Å². The van der Waals surface area contributed by atoms with E-state index in [2.05, 4.69) is 0 Å². The van der Waals surface area contributed by atoms with Crippen LogP contribution in [0.1, 0.15) is 17.3 Å². The Bertz CT molecular complexity index is 296. The minimum absolute atomic E-state index is 0.164. The smallest absolute Gasteiger partial charge is 0.162 e. The van der Waals surface area contributed by atoms with Gasteiger partial charge in [0.15, 0.2) is 5.78 Å². The van der Waals surface area contributed by atoms with Crippen molar-refractivity contribution in [2.75, 3.05) is 0 Å². The van der Waals surface area contributed by atoms with E-state index in [1.807, 2.05) is 22.6 Å². The van der Waals surface area contributed by atoms with Crippen molar-refractivity contribution < 1.29 is 9.18 Å². The summed E-state index contributed by atoms with van der Waals surface area (Å²) in [7, 11) is 0. The summed E-state index contributed by atoms with van der Waals surface area (Å²) < 4.78 is 13.7. The molecule has 0 spiro atoms. The van der Waals surface area contributed by atoms with E-state index in [9.17, 15) is 9.18 Å². The second-order valence-electron chi connectivity index (χ2n) is 2.18. The van der Waals surface area contributed by atoms with Crippen molar-refractivity contribution in [2.24, 2.45) is 0 Å². The molecular formula is C8H6FIO. The number of hydrogen-bond donors (Lipinski definition) is 0. The molecule has 0 bridgehead atoms. The first kappa shape index (κ1) is 8.64. The molecule has 58 valence electrons. The summed E-state index contributed by atoms with van der Waals surface area (Å²) in [4.78, 5) is 10.8. The highest BCUT2D eigenvalue weighted by molar-refractivity contribution is 14.1. The van der Waals surface area contributed by atoms with Crippen LogP contribution in [0.2, 0.25) is 0 Å². The maximum atomic E-state index is 12.8. The molecule has 0 atom stereocenters. The van der Waals surface area contributed by atoms with Crippen molar-refractivity contribution in [3.63, 3.8) is 0 Å². The fraction of sp³-hybridized carbons (Fsp3) is 0.125. The van der Waals surface area contributed by atoms with Crippen LogP contribution >= 0.6 is 22.6 Å². The van der Waals surface area contributed by atoms with Gasteiger partial charge in [-0.2, -0.15) is 0 Å². The van der Waals surface area contributed by atoms with Gasteiger partial charge in [0, 0.05) is 3.57 Å². The Balaban J connectivity index is 3.23. The van der Waals surface area contributed by atoms with Crippen LogP contribution in [-0.2, 0) is 0 Å². The molecule has 0 saturated carbocycles. The van der Waals surface area contributed by atoms with Crippen LogP contribution in [0.15, 0.2) is 18.2 Å². The Morgan fingerprint density at radius 1 is 1.55 bits per heavy atom. The summed E-state index contributed by atoms with van der Waals surface area (Å²) in [6.45, 7) is 1.36. The van der Waals surface area contributed by atoms with Gasteiger partial charge >= 0.3 is 0 Å². The van der Waals surface area contributed by atoms with Crippen molar-refractivity contribution in [1.82, 2.24) is 0 Å². The second-order valence-corrected chi connectivity index (χ2v) is 3.43. The van der Waals surface area contributed by atoms with E-state index in [1.54, 1.807) is 6.07 Å². The Morgan fingerprint density at radius 3 is 2.64 bits per heavy atom. The van der Waals surface area contributed by atoms with E-state index in [1.165, 1.54) is 19.1 Å². The zero-order chi connectivity index (χ0) is 8.43. The molecule has 0 aliphatic heterocycles. The number of rotatable bonds is 1. The molecule has 1 rings (SSSR count). The van der Waals surface area contributed by atoms with Gasteiger partial charge in [-0.1, -0.05) is 0 Å². The van der Waals surface area contributed by atoms with Crippen LogP contribution in [0.4, 0.5) is 4.39 Å². The van der Waals surface area contributed by atoms with Gasteiger partial charge in [-0.25, -0.2) is 4.39 Å². The van der Waals surface area contributed by atoms with E-state index in [0.29, 0.717) is 0 Å². The molecule has 3 heteroatoms. The third-order valence-electron chi connectivity index (χ3n) is 1.31. The molecule has 0 aliphatic carbocycles. The zero-order valence-corrected chi connectivity index (χ0v) is 8.05. The van der Waals surface area contributed by atoms with Gasteiger partial charge in [-0.05, 0) is 47.7 Å². The van der Waals surface area contributed by atoms with Gasteiger partial charge in [0.05, 0.1) is 5.56 Å². The third kappa shape index (κ3) is 1.99. The Kier molecular flexibility index (Phi) is 2.59. The molecule has 0 heterocycles. The summed E-state index contributed by atoms with van der Waals surface area (Å²) in [5.74, 6) is -0.682. The van der Waals surface area contributed by atoms with E-state index >= 15 is 0 Å². The zero-order valence-electron chi connectivity index (χ0n) is 5.90. The lowest BCUT2D eigenvalue weighted by molar-refractivity contribution is 0.101. The number of benzene rings is 1. The Morgan fingerprint density at radius 2 is 2.18 bits per heavy atom. The lowest BCUT2D eigenvalue weighted by atomic mass is 10.1. The van der Waals surface area contributed by atoms with Crippen LogP contribution in [0.5, 0.6) is 0 Å². The molecule has 0 aromatic heterocycles. The van der Waals surface area contributed by atoms with Crippen LogP contribution in [0, 0.1) is 9.39 Å². The first-order valence-electron chi connectivity index (χ1n) is 3.07. The van der Waals surface area contributed by atoms with Crippen molar-refractivity contribution in [1.29, 1.82) is 0 Å². The van der Waals surface area contributed by atoms with Gasteiger partial charge in [-0.15, -0.1) is 0 Å². The predicted octanol–water partition coefficient (Wildman–Crippen LogP) is 2.63. The summed E-state index contributed by atoms with van der Waals surface area (Å²) in [6, 6.07) is 4.47. The quantitative estimate of drug-likeness (QED) is 0.563. The minimum Gasteiger partial charge on any atom is -0.294 e. The van der Waals surface area contributed by atoms with E-state index < -0.39 is 5.82 Å². The standard InChI is InChI=1S/C8H6FIO/c1-5(11)7-4-6(10)2-3-8(7)9/h2-4H,1H3. The topological polar surface area (TPSA) is 17.1 Å². The highest BCUT2D eigenvalue weighted by atomic mass is 127. The molecule has 0 amide bonds. The maximum absolute atomic E-state index is 12.8. The summed E-state index contributed by atoms with van der Waals surface area (Å²) in [5, 5.41) is 0. The molecule has 1 aromatic rings. The highest BCUT2D eigenvalue weighted by Gasteiger charge is 2.05. The van der Waals surface area contributed by atoms with Crippen molar-refractivity contribution >= 4 is 28.4 Å². The fourth-order valence-electron chi connectivity index (χ4n) is 0.767. The van der Waals surface area contributed by atoms with Crippen LogP contribution in [0.25, 0.3) is 0 Å². The molecule has 0 radical (unpaired) electrons. The van der Waals surface area contributed by atoms with Crippen molar-refractivity contribution in [3.05, 3.63) is 33.1 Å². The largest absolute Gasteiger partial charge is 0.294 e. The number of carbonyl (C=O) groups excluding carboxylic acids is 1. The van der Waals surface area contributed by atoms with Crippen LogP contribution in [0.3, 0.4) is 0 Å². The number of Topliss-reactive ketones (excluding diaryl/α,β-unsaturated/α-hetero) is 1. The van der Waals surface area contributed by atoms with E-state index in [-0.39, 0.29) is 11.3 Å². The molecule has 0 unspecified atom stereocenters. The van der Waals surface area contributed by atoms with Gasteiger partial charge in [0.1, 0.15) is 5.82 Å². The first-order chi connectivity index (χ1) is 5.11. The van der Waals surface area contributed by atoms with Crippen molar-refractivity contribution in [2.45, 2.75) is 6.92 Å². The monoisotopic (exact) mass is 264 g/mol. The van der Waals surface area contributed by atoms with Gasteiger partial charge in [-0.3, -0.25) is 4.79 Å². The van der Waals surface area contributed by atoms with Gasteiger partial charge in [0.2, 0.25) is 0 Å². The number of ketones is 1. The second kappa shape index (κ2) is 3.30. The number of hydrogen-bond acceptors (Lipinski definition) is 1. The molecule has 0 saturated heterocycles.